The standard InChI is InChI=1S/C13H17NO4/c1-2-18-9-12(15)14-11-5-3-4-10(8-11)6-7-13(16)17/h3-5,8H,2,6-7,9H2,1H3,(H,14,15)(H,16,17). The van der Waals surface area contributed by atoms with Crippen LogP contribution in [0.3, 0.4) is 0 Å². The third-order valence-electron chi connectivity index (χ3n) is 2.28. The molecular formula is C13H17NO4. The van der Waals surface area contributed by atoms with Gasteiger partial charge >= 0.3 is 5.97 Å². The van der Waals surface area contributed by atoms with Gasteiger partial charge in [0.2, 0.25) is 5.91 Å². The van der Waals surface area contributed by atoms with Crippen LogP contribution in [0.25, 0.3) is 0 Å². The van der Waals surface area contributed by atoms with E-state index in [2.05, 4.69) is 5.32 Å². The van der Waals surface area contributed by atoms with Gasteiger partial charge in [-0.3, -0.25) is 9.59 Å². The number of carboxylic acids is 1. The van der Waals surface area contributed by atoms with Crippen molar-refractivity contribution in [2.45, 2.75) is 19.8 Å². The number of rotatable bonds is 7. The zero-order valence-corrected chi connectivity index (χ0v) is 10.3. The minimum atomic E-state index is -0.833. The molecule has 5 nitrogen and oxygen atoms in total. The Hall–Kier alpha value is -1.88. The Kier molecular flexibility index (Phi) is 5.87. The first-order chi connectivity index (χ1) is 8.61. The van der Waals surface area contributed by atoms with Crippen molar-refractivity contribution in [3.8, 4) is 0 Å². The number of carbonyl (C=O) groups is 2. The monoisotopic (exact) mass is 251 g/mol. The molecule has 0 heterocycles. The average molecular weight is 251 g/mol. The summed E-state index contributed by atoms with van der Waals surface area (Å²) in [5.74, 6) is -1.05. The SMILES string of the molecule is CCOCC(=O)Nc1cccc(CCC(=O)O)c1. The van der Waals surface area contributed by atoms with Crippen molar-refractivity contribution in [2.24, 2.45) is 0 Å². The van der Waals surface area contributed by atoms with E-state index in [0.717, 1.165) is 5.56 Å². The first-order valence-corrected chi connectivity index (χ1v) is 5.80. The van der Waals surface area contributed by atoms with Gasteiger partial charge in [0.05, 0.1) is 0 Å². The highest BCUT2D eigenvalue weighted by Gasteiger charge is 2.04. The quantitative estimate of drug-likeness (QED) is 0.773. The van der Waals surface area contributed by atoms with Crippen LogP contribution in [-0.2, 0) is 20.7 Å². The molecule has 18 heavy (non-hydrogen) atoms. The van der Waals surface area contributed by atoms with Gasteiger partial charge in [0, 0.05) is 18.7 Å². The molecule has 98 valence electrons. The molecule has 0 aliphatic rings. The van der Waals surface area contributed by atoms with Crippen molar-refractivity contribution in [3.63, 3.8) is 0 Å². The number of aliphatic carboxylic acids is 1. The zero-order chi connectivity index (χ0) is 13.4. The smallest absolute Gasteiger partial charge is 0.303 e. The second-order valence-electron chi connectivity index (χ2n) is 3.78. The number of carbonyl (C=O) groups excluding carboxylic acids is 1. The molecule has 0 saturated heterocycles. The van der Waals surface area contributed by atoms with Crippen molar-refractivity contribution in [1.82, 2.24) is 0 Å². The number of nitrogens with one attached hydrogen (secondary N) is 1. The average Bonchev–Trinajstić information content (AvgIpc) is 2.34. The summed E-state index contributed by atoms with van der Waals surface area (Å²) in [6.07, 6.45) is 0.529. The van der Waals surface area contributed by atoms with Crippen molar-refractivity contribution in [1.29, 1.82) is 0 Å². The van der Waals surface area contributed by atoms with Gasteiger partial charge in [0.1, 0.15) is 6.61 Å². The molecule has 0 aliphatic carbocycles. The lowest BCUT2D eigenvalue weighted by molar-refractivity contribution is -0.137. The molecule has 0 aromatic heterocycles. The van der Waals surface area contributed by atoms with E-state index in [4.69, 9.17) is 9.84 Å². The minimum absolute atomic E-state index is 0.0237. The molecule has 0 atom stereocenters. The number of carboxylic acid groups (broad SMARTS) is 1. The Morgan fingerprint density at radius 2 is 2.17 bits per heavy atom. The van der Waals surface area contributed by atoms with E-state index in [1.807, 2.05) is 13.0 Å². The molecule has 0 aliphatic heterocycles. The predicted molar refractivity (Wildman–Crippen MR) is 67.5 cm³/mol. The molecule has 2 N–H and O–H groups in total. The van der Waals surface area contributed by atoms with E-state index in [0.29, 0.717) is 18.7 Å². The van der Waals surface area contributed by atoms with Crippen LogP contribution in [0.2, 0.25) is 0 Å². The third-order valence-corrected chi connectivity index (χ3v) is 2.28. The third kappa shape index (κ3) is 5.45. The molecule has 0 saturated carbocycles. The topological polar surface area (TPSA) is 75.6 Å². The molecule has 0 fully saturated rings. The van der Waals surface area contributed by atoms with Gasteiger partial charge < -0.3 is 15.2 Å². The van der Waals surface area contributed by atoms with Gasteiger partial charge in [-0.2, -0.15) is 0 Å². The van der Waals surface area contributed by atoms with Crippen LogP contribution >= 0.6 is 0 Å². The molecule has 1 aromatic carbocycles. The summed E-state index contributed by atoms with van der Waals surface area (Å²) in [7, 11) is 0. The van der Waals surface area contributed by atoms with Crippen LogP contribution in [0.1, 0.15) is 18.9 Å². The van der Waals surface area contributed by atoms with Crippen molar-refractivity contribution in [2.75, 3.05) is 18.5 Å². The molecule has 0 radical (unpaired) electrons. The predicted octanol–water partition coefficient (Wildman–Crippen LogP) is 1.68. The fourth-order valence-electron chi connectivity index (χ4n) is 1.45. The number of hydrogen-bond acceptors (Lipinski definition) is 3. The Morgan fingerprint density at radius 1 is 1.39 bits per heavy atom. The lowest BCUT2D eigenvalue weighted by Gasteiger charge is -2.07. The second-order valence-corrected chi connectivity index (χ2v) is 3.78. The van der Waals surface area contributed by atoms with E-state index in [-0.39, 0.29) is 18.9 Å². The molecule has 1 rings (SSSR count). The normalized spacial score (nSPS) is 10.1. The van der Waals surface area contributed by atoms with Gasteiger partial charge in [-0.05, 0) is 31.0 Å². The number of amides is 1. The maximum absolute atomic E-state index is 11.4. The summed E-state index contributed by atoms with van der Waals surface area (Å²) in [5.41, 5.74) is 1.54. The summed E-state index contributed by atoms with van der Waals surface area (Å²) in [6.45, 7) is 2.34. The Morgan fingerprint density at radius 3 is 2.83 bits per heavy atom. The van der Waals surface area contributed by atoms with E-state index in [1.165, 1.54) is 0 Å². The van der Waals surface area contributed by atoms with Crippen LogP contribution in [0.5, 0.6) is 0 Å². The summed E-state index contributed by atoms with van der Waals surface area (Å²) in [6, 6.07) is 7.15. The number of benzene rings is 1. The molecule has 0 unspecified atom stereocenters. The summed E-state index contributed by atoms with van der Waals surface area (Å²) in [4.78, 5) is 21.9. The Bertz CT molecular complexity index is 417. The maximum atomic E-state index is 11.4. The summed E-state index contributed by atoms with van der Waals surface area (Å²) in [5, 5.41) is 11.3. The highest BCUT2D eigenvalue weighted by molar-refractivity contribution is 5.91. The summed E-state index contributed by atoms with van der Waals surface area (Å²) < 4.78 is 4.99. The van der Waals surface area contributed by atoms with Gasteiger partial charge in [-0.25, -0.2) is 0 Å². The van der Waals surface area contributed by atoms with Crippen molar-refractivity contribution >= 4 is 17.6 Å². The lowest BCUT2D eigenvalue weighted by Crippen LogP contribution is -2.18. The fourth-order valence-corrected chi connectivity index (χ4v) is 1.45. The Balaban J connectivity index is 2.53. The lowest BCUT2D eigenvalue weighted by atomic mass is 10.1. The number of anilines is 1. The fraction of sp³-hybridized carbons (Fsp3) is 0.385. The van der Waals surface area contributed by atoms with E-state index < -0.39 is 5.97 Å². The van der Waals surface area contributed by atoms with Crippen molar-refractivity contribution < 1.29 is 19.4 Å². The van der Waals surface area contributed by atoms with Crippen LogP contribution in [0, 0.1) is 0 Å². The maximum Gasteiger partial charge on any atom is 0.303 e. The van der Waals surface area contributed by atoms with Crippen molar-refractivity contribution in [3.05, 3.63) is 29.8 Å². The van der Waals surface area contributed by atoms with Crippen LogP contribution in [0.4, 0.5) is 5.69 Å². The largest absolute Gasteiger partial charge is 0.481 e. The summed E-state index contributed by atoms with van der Waals surface area (Å²) >= 11 is 0. The molecule has 1 amide bonds. The van der Waals surface area contributed by atoms with E-state index >= 15 is 0 Å². The van der Waals surface area contributed by atoms with Crippen LogP contribution < -0.4 is 5.32 Å². The Labute approximate surface area is 106 Å². The van der Waals surface area contributed by atoms with Crippen LogP contribution in [-0.4, -0.2) is 30.2 Å². The number of hydrogen-bond donors (Lipinski definition) is 2. The highest BCUT2D eigenvalue weighted by atomic mass is 16.5. The van der Waals surface area contributed by atoms with Gasteiger partial charge in [-0.1, -0.05) is 12.1 Å². The minimum Gasteiger partial charge on any atom is -0.481 e. The van der Waals surface area contributed by atoms with Gasteiger partial charge in [0.15, 0.2) is 0 Å². The van der Waals surface area contributed by atoms with E-state index in [1.54, 1.807) is 18.2 Å². The molecule has 5 heteroatoms. The first-order valence-electron chi connectivity index (χ1n) is 5.80. The molecule has 1 aromatic rings. The van der Waals surface area contributed by atoms with E-state index in [9.17, 15) is 9.59 Å². The molecule has 0 bridgehead atoms. The zero-order valence-electron chi connectivity index (χ0n) is 10.3. The molecular weight excluding hydrogens is 234 g/mol. The van der Waals surface area contributed by atoms with Crippen LogP contribution in [0.15, 0.2) is 24.3 Å². The molecule has 0 spiro atoms. The number of aryl methyl sites for hydroxylation is 1. The second kappa shape index (κ2) is 7.45. The van der Waals surface area contributed by atoms with Gasteiger partial charge in [-0.15, -0.1) is 0 Å². The number of ether oxygens (including phenoxy) is 1. The first kappa shape index (κ1) is 14.2. The highest BCUT2D eigenvalue weighted by Crippen LogP contribution is 2.12. The van der Waals surface area contributed by atoms with Gasteiger partial charge in [0.25, 0.3) is 0 Å².